The van der Waals surface area contributed by atoms with Gasteiger partial charge in [0.25, 0.3) is 0 Å². The van der Waals surface area contributed by atoms with Gasteiger partial charge >= 0.3 is 5.97 Å². The van der Waals surface area contributed by atoms with Gasteiger partial charge < -0.3 is 10.0 Å². The highest BCUT2D eigenvalue weighted by atomic mass is 16.4. The van der Waals surface area contributed by atoms with Gasteiger partial charge in [-0.05, 0) is 60.9 Å². The molecule has 2 aromatic heterocycles. The van der Waals surface area contributed by atoms with Crippen molar-refractivity contribution < 1.29 is 9.90 Å². The molecule has 0 amide bonds. The first-order valence-electron chi connectivity index (χ1n) is 10.7. The van der Waals surface area contributed by atoms with Crippen LogP contribution in [0.4, 0.5) is 0 Å². The molecule has 6 heteroatoms. The van der Waals surface area contributed by atoms with Crippen molar-refractivity contribution >= 4 is 22.6 Å². The molecule has 1 aliphatic rings. The maximum Gasteiger partial charge on any atom is 0.354 e. The topological polar surface area (TPSA) is 71.2 Å². The number of para-hydroxylation sites is 1. The van der Waals surface area contributed by atoms with Crippen molar-refractivity contribution in [3.63, 3.8) is 0 Å². The van der Waals surface area contributed by atoms with Gasteiger partial charge in [0, 0.05) is 13.1 Å². The van der Waals surface area contributed by atoms with Crippen LogP contribution in [0.2, 0.25) is 0 Å². The molecule has 0 aliphatic carbocycles. The number of aromatic carboxylic acids is 1. The van der Waals surface area contributed by atoms with Crippen molar-refractivity contribution in [2.45, 2.75) is 13.3 Å². The van der Waals surface area contributed by atoms with Crippen molar-refractivity contribution in [1.29, 1.82) is 0 Å². The quantitative estimate of drug-likeness (QED) is 0.509. The molecular formula is C26H24N4O2. The number of carboxylic acid groups (broad SMARTS) is 1. The molecule has 0 saturated heterocycles. The molecular weight excluding hydrogens is 400 g/mol. The second-order valence-electron chi connectivity index (χ2n) is 8.21. The van der Waals surface area contributed by atoms with Crippen LogP contribution in [-0.2, 0) is 0 Å². The smallest absolute Gasteiger partial charge is 0.354 e. The molecule has 6 nitrogen and oxygen atoms in total. The van der Waals surface area contributed by atoms with Crippen molar-refractivity contribution in [3.8, 4) is 16.8 Å². The maximum absolute atomic E-state index is 11.9. The van der Waals surface area contributed by atoms with Gasteiger partial charge in [-0.3, -0.25) is 0 Å². The first-order valence-corrected chi connectivity index (χ1v) is 10.7. The third-order valence-electron chi connectivity index (χ3n) is 6.01. The van der Waals surface area contributed by atoms with Gasteiger partial charge in [0.05, 0.1) is 16.8 Å². The predicted octanol–water partition coefficient (Wildman–Crippen LogP) is 4.81. The predicted molar refractivity (Wildman–Crippen MR) is 126 cm³/mol. The highest BCUT2D eigenvalue weighted by molar-refractivity contribution is 6.00. The molecule has 3 heterocycles. The summed E-state index contributed by atoms with van der Waals surface area (Å²) in [4.78, 5) is 18.6. The van der Waals surface area contributed by atoms with E-state index in [1.807, 2.05) is 37.3 Å². The van der Waals surface area contributed by atoms with Gasteiger partial charge in [0.15, 0.2) is 11.3 Å². The normalized spacial score (nSPS) is 14.5. The molecule has 0 atom stereocenters. The molecule has 2 aromatic carbocycles. The summed E-state index contributed by atoms with van der Waals surface area (Å²) < 4.78 is 1.72. The average Bonchev–Trinajstić information content (AvgIpc) is 3.16. The van der Waals surface area contributed by atoms with Crippen molar-refractivity contribution in [2.75, 3.05) is 20.1 Å². The Balaban J connectivity index is 1.65. The fourth-order valence-electron chi connectivity index (χ4n) is 4.27. The summed E-state index contributed by atoms with van der Waals surface area (Å²) in [6.07, 6.45) is 3.31. The molecule has 0 spiro atoms. The number of rotatable bonds is 4. The average molecular weight is 425 g/mol. The monoisotopic (exact) mass is 424 g/mol. The number of fused-ring (bicyclic) bond motifs is 1. The molecule has 0 unspecified atom stereocenters. The summed E-state index contributed by atoms with van der Waals surface area (Å²) in [5, 5.41) is 15.3. The number of nitrogens with zero attached hydrogens (tertiary/aromatic N) is 4. The Bertz CT molecular complexity index is 1340. The Hall–Kier alpha value is -3.77. The van der Waals surface area contributed by atoms with E-state index in [4.69, 9.17) is 5.10 Å². The molecule has 0 bridgehead atoms. The number of carboxylic acids is 1. The molecule has 4 aromatic rings. The number of hydrogen-bond donors (Lipinski definition) is 1. The van der Waals surface area contributed by atoms with Gasteiger partial charge in [-0.15, -0.1) is 0 Å². The van der Waals surface area contributed by atoms with Crippen LogP contribution in [0.25, 0.3) is 33.4 Å². The van der Waals surface area contributed by atoms with E-state index in [1.54, 1.807) is 10.7 Å². The molecule has 0 radical (unpaired) electrons. The molecule has 5 rings (SSSR count). The second-order valence-corrected chi connectivity index (χ2v) is 8.21. The lowest BCUT2D eigenvalue weighted by atomic mass is 9.95. The number of aromatic nitrogens is 3. The van der Waals surface area contributed by atoms with Crippen LogP contribution in [0, 0.1) is 6.92 Å². The molecule has 160 valence electrons. The van der Waals surface area contributed by atoms with Crippen LogP contribution in [0.1, 0.15) is 28.2 Å². The zero-order valence-electron chi connectivity index (χ0n) is 18.1. The van der Waals surface area contributed by atoms with E-state index in [-0.39, 0.29) is 5.69 Å². The lowest BCUT2D eigenvalue weighted by Gasteiger charge is -2.22. The zero-order valence-corrected chi connectivity index (χ0v) is 18.1. The zero-order chi connectivity index (χ0) is 22.2. The van der Waals surface area contributed by atoms with Gasteiger partial charge in [-0.2, -0.15) is 5.10 Å². The summed E-state index contributed by atoms with van der Waals surface area (Å²) in [6, 6.07) is 19.7. The van der Waals surface area contributed by atoms with Crippen LogP contribution in [0.15, 0.2) is 66.7 Å². The van der Waals surface area contributed by atoms with Crippen molar-refractivity contribution in [1.82, 2.24) is 19.7 Å². The fraction of sp³-hybridized carbons (Fsp3) is 0.192. The SMILES string of the molecule is Cc1nn(-c2ccccc2)c2nc(C(=O)O)cc(-c3ccc(C4=CCN(C)CC4)cc3)c12. The van der Waals surface area contributed by atoms with Gasteiger partial charge in [0.1, 0.15) is 0 Å². The third-order valence-corrected chi connectivity index (χ3v) is 6.01. The lowest BCUT2D eigenvalue weighted by Crippen LogP contribution is -2.23. The van der Waals surface area contributed by atoms with E-state index < -0.39 is 5.97 Å². The van der Waals surface area contributed by atoms with E-state index in [9.17, 15) is 9.90 Å². The van der Waals surface area contributed by atoms with Crippen molar-refractivity contribution in [3.05, 3.63) is 83.7 Å². The molecule has 1 aliphatic heterocycles. The van der Waals surface area contributed by atoms with Gasteiger partial charge in [-0.1, -0.05) is 48.5 Å². The fourth-order valence-corrected chi connectivity index (χ4v) is 4.27. The summed E-state index contributed by atoms with van der Waals surface area (Å²) in [5.74, 6) is -1.06. The van der Waals surface area contributed by atoms with E-state index in [0.717, 1.165) is 47.4 Å². The van der Waals surface area contributed by atoms with E-state index in [0.29, 0.717) is 5.65 Å². The van der Waals surface area contributed by atoms with E-state index >= 15 is 0 Å². The maximum atomic E-state index is 11.9. The van der Waals surface area contributed by atoms with Crippen LogP contribution in [-0.4, -0.2) is 50.9 Å². The number of carbonyl (C=O) groups is 1. The van der Waals surface area contributed by atoms with E-state index in [1.165, 1.54) is 11.1 Å². The van der Waals surface area contributed by atoms with Crippen LogP contribution in [0.5, 0.6) is 0 Å². The summed E-state index contributed by atoms with van der Waals surface area (Å²) in [7, 11) is 2.13. The number of hydrogen-bond acceptors (Lipinski definition) is 4. The Labute approximate surface area is 186 Å². The first-order chi connectivity index (χ1) is 15.5. The standard InChI is InChI=1S/C26H24N4O2/c1-17-24-22(20-10-8-18(9-11-20)19-12-14-29(2)15-13-19)16-23(26(31)32)27-25(24)30(28-17)21-6-4-3-5-7-21/h3-12,16H,13-15H2,1-2H3,(H,31,32). The Morgan fingerprint density at radius 2 is 1.75 bits per heavy atom. The molecule has 1 N–H and O–H groups in total. The minimum absolute atomic E-state index is 0.00619. The summed E-state index contributed by atoms with van der Waals surface area (Å²) in [5.41, 5.74) is 6.55. The minimum atomic E-state index is -1.06. The number of pyridine rings is 1. The Morgan fingerprint density at radius 3 is 2.41 bits per heavy atom. The van der Waals surface area contributed by atoms with Crippen molar-refractivity contribution in [2.24, 2.45) is 0 Å². The highest BCUT2D eigenvalue weighted by Crippen LogP contribution is 2.33. The van der Waals surface area contributed by atoms with Crippen LogP contribution in [0.3, 0.4) is 0 Å². The Morgan fingerprint density at radius 1 is 1.03 bits per heavy atom. The molecule has 0 fully saturated rings. The summed E-state index contributed by atoms with van der Waals surface area (Å²) in [6.45, 7) is 3.95. The number of likely N-dealkylation sites (N-methyl/N-ethyl adjacent to an activating group) is 1. The Kier molecular flexibility index (Phi) is 5.07. The minimum Gasteiger partial charge on any atom is -0.477 e. The summed E-state index contributed by atoms with van der Waals surface area (Å²) >= 11 is 0. The lowest BCUT2D eigenvalue weighted by molar-refractivity contribution is 0.0691. The first kappa shape index (κ1) is 20.2. The number of aryl methyl sites for hydroxylation is 1. The highest BCUT2D eigenvalue weighted by Gasteiger charge is 2.20. The number of benzene rings is 2. The largest absolute Gasteiger partial charge is 0.477 e. The van der Waals surface area contributed by atoms with Crippen LogP contribution < -0.4 is 0 Å². The van der Waals surface area contributed by atoms with Gasteiger partial charge in [0.2, 0.25) is 0 Å². The second kappa shape index (κ2) is 8.05. The molecule has 0 saturated carbocycles. The van der Waals surface area contributed by atoms with Gasteiger partial charge in [-0.25, -0.2) is 14.5 Å². The third kappa shape index (κ3) is 3.59. The van der Waals surface area contributed by atoms with Crippen LogP contribution >= 0.6 is 0 Å². The van der Waals surface area contributed by atoms with E-state index in [2.05, 4.69) is 47.3 Å². The molecule has 32 heavy (non-hydrogen) atoms.